The van der Waals surface area contributed by atoms with Crippen molar-refractivity contribution in [3.05, 3.63) is 98.0 Å². The second-order valence-corrected chi connectivity index (χ2v) is 7.15. The smallest absolute Gasteiger partial charge is 0.269 e. The molecular weight excluding hydrogens is 462 g/mol. The molecule has 6 nitrogen and oxygen atoms in total. The van der Waals surface area contributed by atoms with Gasteiger partial charge in [-0.15, -0.1) is 0 Å². The van der Waals surface area contributed by atoms with Crippen LogP contribution in [0.3, 0.4) is 0 Å². The lowest BCUT2D eigenvalue weighted by Gasteiger charge is -2.13. The van der Waals surface area contributed by atoms with Crippen LogP contribution in [0.15, 0.2) is 65.1 Å². The van der Waals surface area contributed by atoms with Crippen molar-refractivity contribution in [3.63, 3.8) is 0 Å². The van der Waals surface area contributed by atoms with Gasteiger partial charge in [-0.3, -0.25) is 14.9 Å². The highest BCUT2D eigenvalue weighted by Gasteiger charge is 2.16. The number of ether oxygens (including phenoxy) is 1. The Labute approximate surface area is 178 Å². The molecule has 0 heterocycles. The summed E-state index contributed by atoms with van der Waals surface area (Å²) in [6.07, 6.45) is 0.359. The molecule has 0 saturated heterocycles. The normalized spacial score (nSPS) is 10.5. The molecule has 0 unspecified atom stereocenters. The Morgan fingerprint density at radius 1 is 1.10 bits per heavy atom. The van der Waals surface area contributed by atoms with Gasteiger partial charge in [0.1, 0.15) is 11.6 Å². The Kier molecular flexibility index (Phi) is 6.73. The summed E-state index contributed by atoms with van der Waals surface area (Å²) in [5.41, 5.74) is 1.12. The number of halogens is 3. The molecule has 30 heavy (non-hydrogen) atoms. The first-order valence-electron chi connectivity index (χ1n) is 8.72. The summed E-state index contributed by atoms with van der Waals surface area (Å²) >= 11 is 2.99. The van der Waals surface area contributed by atoms with E-state index in [2.05, 4.69) is 21.2 Å². The topological polar surface area (TPSA) is 81.5 Å². The second kappa shape index (κ2) is 9.45. The van der Waals surface area contributed by atoms with Crippen LogP contribution in [-0.4, -0.2) is 17.4 Å². The summed E-state index contributed by atoms with van der Waals surface area (Å²) in [5.74, 6) is -2.11. The number of anilines is 1. The number of nitro benzene ring substituents is 1. The first-order chi connectivity index (χ1) is 14.3. The number of amides is 1. The van der Waals surface area contributed by atoms with Crippen molar-refractivity contribution in [2.75, 3.05) is 11.9 Å². The fourth-order valence-corrected chi connectivity index (χ4v) is 3.26. The molecule has 0 aliphatic heterocycles. The van der Waals surface area contributed by atoms with Crippen LogP contribution in [0.25, 0.3) is 0 Å². The SMILES string of the molecule is O=C(COc1ccc([N+](=O)[O-])cc1Cc1ccccc1)Nc1c(F)cc(F)cc1Br. The minimum atomic E-state index is -0.935. The number of nitro groups is 1. The van der Waals surface area contributed by atoms with Crippen molar-refractivity contribution in [3.8, 4) is 5.75 Å². The van der Waals surface area contributed by atoms with E-state index < -0.39 is 29.1 Å². The van der Waals surface area contributed by atoms with Crippen molar-refractivity contribution in [1.29, 1.82) is 0 Å². The van der Waals surface area contributed by atoms with Gasteiger partial charge < -0.3 is 10.1 Å². The first-order valence-corrected chi connectivity index (χ1v) is 9.51. The molecule has 154 valence electrons. The Morgan fingerprint density at radius 3 is 2.50 bits per heavy atom. The number of nitrogens with zero attached hydrogens (tertiary/aromatic N) is 1. The van der Waals surface area contributed by atoms with E-state index in [1.54, 1.807) is 0 Å². The van der Waals surface area contributed by atoms with Gasteiger partial charge in [0, 0.05) is 34.7 Å². The van der Waals surface area contributed by atoms with E-state index in [0.29, 0.717) is 23.8 Å². The Bertz CT molecular complexity index is 1070. The number of nitrogens with one attached hydrogen (secondary N) is 1. The van der Waals surface area contributed by atoms with E-state index >= 15 is 0 Å². The summed E-state index contributed by atoms with van der Waals surface area (Å²) in [6, 6.07) is 15.0. The number of carbonyl (C=O) groups is 1. The zero-order valence-corrected chi connectivity index (χ0v) is 17.0. The third-order valence-electron chi connectivity index (χ3n) is 4.12. The van der Waals surface area contributed by atoms with Crippen molar-refractivity contribution in [1.82, 2.24) is 0 Å². The predicted octanol–water partition coefficient (Wildman–Crippen LogP) is 5.24. The van der Waals surface area contributed by atoms with Crippen LogP contribution >= 0.6 is 15.9 Å². The van der Waals surface area contributed by atoms with Gasteiger partial charge in [0.15, 0.2) is 12.4 Å². The quantitative estimate of drug-likeness (QED) is 0.373. The molecule has 0 radical (unpaired) electrons. The standard InChI is InChI=1S/C21H15BrF2N2O4/c22-17-10-15(23)11-18(24)21(17)25-20(27)12-30-19-7-6-16(26(28)29)9-14(19)8-13-4-2-1-3-5-13/h1-7,9-11H,8,12H2,(H,25,27). The molecule has 1 amide bonds. The lowest BCUT2D eigenvalue weighted by atomic mass is 10.0. The molecule has 3 aromatic rings. The fraction of sp³-hybridized carbons (Fsp3) is 0.0952. The number of carbonyl (C=O) groups excluding carboxylic acids is 1. The van der Waals surface area contributed by atoms with E-state index in [4.69, 9.17) is 4.74 Å². The fourth-order valence-electron chi connectivity index (χ4n) is 2.75. The summed E-state index contributed by atoms with van der Waals surface area (Å²) in [4.78, 5) is 22.8. The lowest BCUT2D eigenvalue weighted by Crippen LogP contribution is -2.21. The van der Waals surface area contributed by atoms with Gasteiger partial charge in [0.2, 0.25) is 0 Å². The molecule has 0 atom stereocenters. The minimum Gasteiger partial charge on any atom is -0.483 e. The third-order valence-corrected chi connectivity index (χ3v) is 4.75. The average Bonchev–Trinajstić information content (AvgIpc) is 2.70. The van der Waals surface area contributed by atoms with Crippen LogP contribution in [0.4, 0.5) is 20.2 Å². The molecule has 1 N–H and O–H groups in total. The molecule has 0 aliphatic rings. The predicted molar refractivity (Wildman–Crippen MR) is 111 cm³/mol. The largest absolute Gasteiger partial charge is 0.483 e. The monoisotopic (exact) mass is 476 g/mol. The third kappa shape index (κ3) is 5.38. The molecule has 0 fully saturated rings. The number of rotatable bonds is 7. The van der Waals surface area contributed by atoms with Gasteiger partial charge in [0.25, 0.3) is 11.6 Å². The molecule has 0 bridgehead atoms. The highest BCUT2D eigenvalue weighted by molar-refractivity contribution is 9.10. The lowest BCUT2D eigenvalue weighted by molar-refractivity contribution is -0.384. The zero-order chi connectivity index (χ0) is 21.7. The maximum absolute atomic E-state index is 13.9. The molecule has 0 aromatic heterocycles. The van der Waals surface area contributed by atoms with Gasteiger partial charge in [-0.05, 0) is 33.6 Å². The first kappa shape index (κ1) is 21.4. The summed E-state index contributed by atoms with van der Waals surface area (Å²) in [7, 11) is 0. The van der Waals surface area contributed by atoms with Gasteiger partial charge in [-0.1, -0.05) is 30.3 Å². The van der Waals surface area contributed by atoms with Crippen molar-refractivity contribution >= 4 is 33.2 Å². The summed E-state index contributed by atoms with van der Waals surface area (Å²) in [5, 5.41) is 13.4. The van der Waals surface area contributed by atoms with E-state index in [1.807, 2.05) is 30.3 Å². The average molecular weight is 477 g/mol. The molecule has 0 saturated carbocycles. The molecule has 9 heteroatoms. The van der Waals surface area contributed by atoms with E-state index in [9.17, 15) is 23.7 Å². The molecular formula is C21H15BrF2N2O4. The highest BCUT2D eigenvalue weighted by Crippen LogP contribution is 2.28. The number of hydrogen-bond acceptors (Lipinski definition) is 4. The van der Waals surface area contributed by atoms with E-state index in [-0.39, 0.29) is 15.8 Å². The van der Waals surface area contributed by atoms with Crippen LogP contribution in [0.1, 0.15) is 11.1 Å². The highest BCUT2D eigenvalue weighted by atomic mass is 79.9. The Morgan fingerprint density at radius 2 is 1.83 bits per heavy atom. The molecule has 0 spiro atoms. The van der Waals surface area contributed by atoms with Crippen LogP contribution in [-0.2, 0) is 11.2 Å². The van der Waals surface area contributed by atoms with Crippen LogP contribution in [0.5, 0.6) is 5.75 Å². The summed E-state index contributed by atoms with van der Waals surface area (Å²) < 4.78 is 32.6. The minimum absolute atomic E-state index is 0.0495. The zero-order valence-electron chi connectivity index (χ0n) is 15.4. The Hall–Kier alpha value is -3.33. The molecule has 3 aromatic carbocycles. The van der Waals surface area contributed by atoms with E-state index in [1.165, 1.54) is 18.2 Å². The van der Waals surface area contributed by atoms with Crippen molar-refractivity contribution in [2.24, 2.45) is 0 Å². The van der Waals surface area contributed by atoms with E-state index in [0.717, 1.165) is 11.6 Å². The maximum atomic E-state index is 13.9. The van der Waals surface area contributed by atoms with Gasteiger partial charge in [0.05, 0.1) is 10.6 Å². The Balaban J connectivity index is 1.75. The molecule has 3 rings (SSSR count). The number of hydrogen-bond donors (Lipinski definition) is 1. The second-order valence-electron chi connectivity index (χ2n) is 6.29. The number of non-ortho nitro benzene ring substituents is 1. The van der Waals surface area contributed by atoms with Gasteiger partial charge >= 0.3 is 0 Å². The van der Waals surface area contributed by atoms with Crippen molar-refractivity contribution < 1.29 is 23.2 Å². The summed E-state index contributed by atoms with van der Waals surface area (Å²) in [6.45, 7) is -0.469. The van der Waals surface area contributed by atoms with Crippen LogP contribution in [0.2, 0.25) is 0 Å². The van der Waals surface area contributed by atoms with Crippen molar-refractivity contribution in [2.45, 2.75) is 6.42 Å². The van der Waals surface area contributed by atoms with Gasteiger partial charge in [-0.25, -0.2) is 8.78 Å². The van der Waals surface area contributed by atoms with Crippen LogP contribution in [0, 0.1) is 21.7 Å². The van der Waals surface area contributed by atoms with Gasteiger partial charge in [-0.2, -0.15) is 0 Å². The number of benzene rings is 3. The maximum Gasteiger partial charge on any atom is 0.269 e. The van der Waals surface area contributed by atoms with Crippen LogP contribution < -0.4 is 10.1 Å². The molecule has 0 aliphatic carbocycles.